The number of hydrogen-bond acceptors (Lipinski definition) is 5. The lowest BCUT2D eigenvalue weighted by molar-refractivity contribution is -0.133. The third-order valence-electron chi connectivity index (χ3n) is 6.42. The first kappa shape index (κ1) is 19.0. The van der Waals surface area contributed by atoms with Gasteiger partial charge in [0.15, 0.2) is 0 Å². The molecule has 0 spiro atoms. The van der Waals surface area contributed by atoms with Crippen LogP contribution in [0.25, 0.3) is 0 Å². The summed E-state index contributed by atoms with van der Waals surface area (Å²) in [5.41, 5.74) is 2.49. The summed E-state index contributed by atoms with van der Waals surface area (Å²) in [4.78, 5) is 17.8. The van der Waals surface area contributed by atoms with Crippen LogP contribution in [0.4, 0.5) is 0 Å². The van der Waals surface area contributed by atoms with Crippen LogP contribution in [-0.2, 0) is 24.9 Å². The lowest BCUT2D eigenvalue weighted by Gasteiger charge is -2.30. The predicted molar refractivity (Wildman–Crippen MR) is 111 cm³/mol. The van der Waals surface area contributed by atoms with Gasteiger partial charge in [-0.3, -0.25) is 14.4 Å². The zero-order chi connectivity index (χ0) is 20.5. The molecule has 3 aromatic rings. The summed E-state index contributed by atoms with van der Waals surface area (Å²) >= 11 is 0. The largest absolute Gasteiger partial charge is 0.335 e. The third-order valence-corrected chi connectivity index (χ3v) is 6.42. The molecule has 2 saturated heterocycles. The van der Waals surface area contributed by atoms with Gasteiger partial charge in [0, 0.05) is 63.9 Å². The number of fused-ring (bicyclic) bond motifs is 1. The van der Waals surface area contributed by atoms with Gasteiger partial charge in [-0.2, -0.15) is 5.10 Å². The van der Waals surface area contributed by atoms with Gasteiger partial charge in [-0.1, -0.05) is 30.3 Å². The zero-order valence-corrected chi connectivity index (χ0v) is 17.2. The Morgan fingerprint density at radius 1 is 1.10 bits per heavy atom. The highest BCUT2D eigenvalue weighted by molar-refractivity contribution is 5.77. The summed E-state index contributed by atoms with van der Waals surface area (Å²) in [6, 6.07) is 10.7. The number of amides is 1. The van der Waals surface area contributed by atoms with Crippen LogP contribution in [0.15, 0.2) is 55.4 Å². The molecular weight excluding hydrogens is 378 g/mol. The first-order valence-electron chi connectivity index (χ1n) is 10.5. The Labute approximate surface area is 176 Å². The molecular formula is C22H27N7O. The molecule has 0 bridgehead atoms. The molecule has 0 N–H and O–H groups in total. The lowest BCUT2D eigenvalue weighted by atomic mass is 9.89. The molecule has 5 rings (SSSR count). The van der Waals surface area contributed by atoms with Gasteiger partial charge in [0.05, 0.1) is 12.2 Å². The molecule has 0 radical (unpaired) electrons. The predicted octanol–water partition coefficient (Wildman–Crippen LogP) is 1.73. The van der Waals surface area contributed by atoms with E-state index in [1.165, 1.54) is 11.1 Å². The fourth-order valence-electron chi connectivity index (χ4n) is 5.12. The van der Waals surface area contributed by atoms with Crippen LogP contribution >= 0.6 is 0 Å². The number of benzene rings is 1. The van der Waals surface area contributed by atoms with Crippen molar-refractivity contribution in [3.63, 3.8) is 0 Å². The highest BCUT2D eigenvalue weighted by Crippen LogP contribution is 2.45. The van der Waals surface area contributed by atoms with Gasteiger partial charge in [0.2, 0.25) is 5.91 Å². The average molecular weight is 406 g/mol. The Kier molecular flexibility index (Phi) is 5.08. The van der Waals surface area contributed by atoms with Crippen LogP contribution < -0.4 is 0 Å². The van der Waals surface area contributed by atoms with Gasteiger partial charge in [-0.25, -0.2) is 0 Å². The van der Waals surface area contributed by atoms with Crippen molar-refractivity contribution in [1.82, 2.24) is 34.3 Å². The molecule has 2 aliphatic rings. The second-order valence-electron chi connectivity index (χ2n) is 8.49. The molecule has 1 amide bonds. The molecule has 3 atom stereocenters. The molecule has 2 aromatic heterocycles. The van der Waals surface area contributed by atoms with E-state index in [2.05, 4.69) is 55.6 Å². The number of rotatable bonds is 6. The summed E-state index contributed by atoms with van der Waals surface area (Å²) in [6.45, 7) is 4.40. The van der Waals surface area contributed by atoms with E-state index in [9.17, 15) is 4.79 Å². The number of carbonyl (C=O) groups excluding carboxylic acids is 1. The fourth-order valence-corrected chi connectivity index (χ4v) is 5.12. The van der Waals surface area contributed by atoms with Crippen LogP contribution in [0.5, 0.6) is 0 Å². The molecule has 0 saturated carbocycles. The molecule has 30 heavy (non-hydrogen) atoms. The summed E-state index contributed by atoms with van der Waals surface area (Å²) in [5.74, 6) is 1.18. The van der Waals surface area contributed by atoms with Crippen molar-refractivity contribution in [1.29, 1.82) is 0 Å². The van der Waals surface area contributed by atoms with Crippen molar-refractivity contribution in [3.8, 4) is 0 Å². The minimum Gasteiger partial charge on any atom is -0.335 e. The molecule has 4 heterocycles. The van der Waals surface area contributed by atoms with Crippen molar-refractivity contribution < 1.29 is 4.79 Å². The van der Waals surface area contributed by atoms with E-state index >= 15 is 0 Å². The Hall–Kier alpha value is -3.00. The topological polar surface area (TPSA) is 72.1 Å². The molecule has 2 fully saturated rings. The molecule has 8 heteroatoms. The Morgan fingerprint density at radius 3 is 2.63 bits per heavy atom. The SMILES string of the molecule is Cn1cc(CN2C[C@H]3CN(C(=O)CCn4cnnc4)[C@H](c4ccccc4)[C@H]3C2)cn1. The van der Waals surface area contributed by atoms with Gasteiger partial charge < -0.3 is 9.47 Å². The van der Waals surface area contributed by atoms with Crippen LogP contribution in [-0.4, -0.2) is 59.9 Å². The van der Waals surface area contributed by atoms with Gasteiger partial charge in [-0.05, 0) is 11.5 Å². The van der Waals surface area contributed by atoms with Crippen molar-refractivity contribution in [2.75, 3.05) is 19.6 Å². The number of hydrogen-bond donors (Lipinski definition) is 0. The minimum atomic E-state index is 0.142. The number of aromatic nitrogens is 5. The van der Waals surface area contributed by atoms with E-state index < -0.39 is 0 Å². The number of aryl methyl sites for hydroxylation is 2. The monoisotopic (exact) mass is 405 g/mol. The Balaban J connectivity index is 1.32. The average Bonchev–Trinajstić information content (AvgIpc) is 3.52. The Bertz CT molecular complexity index is 984. The van der Waals surface area contributed by atoms with E-state index in [1.54, 1.807) is 12.7 Å². The molecule has 0 unspecified atom stereocenters. The summed E-state index contributed by atoms with van der Waals surface area (Å²) < 4.78 is 3.72. The van der Waals surface area contributed by atoms with E-state index in [4.69, 9.17) is 0 Å². The van der Waals surface area contributed by atoms with E-state index in [0.29, 0.717) is 24.8 Å². The fraction of sp³-hybridized carbons (Fsp3) is 0.455. The standard InChI is InChI=1S/C22H27N7O/c1-26-10-17(9-25-26)11-28-12-19-13-29(21(30)7-8-27-15-23-24-16-27)22(20(19)14-28)18-5-3-2-4-6-18/h2-6,9-10,15-16,19-20,22H,7-8,11-14H2,1H3/t19-,20-,22+/m0/s1. The normalized spacial score (nSPS) is 23.8. The molecule has 1 aromatic carbocycles. The lowest BCUT2D eigenvalue weighted by Crippen LogP contribution is -2.36. The highest BCUT2D eigenvalue weighted by atomic mass is 16.2. The molecule has 156 valence electrons. The first-order chi connectivity index (χ1) is 14.7. The van der Waals surface area contributed by atoms with Gasteiger partial charge in [0.1, 0.15) is 12.7 Å². The van der Waals surface area contributed by atoms with Crippen LogP contribution in [0, 0.1) is 11.8 Å². The van der Waals surface area contributed by atoms with E-state index in [-0.39, 0.29) is 11.9 Å². The quantitative estimate of drug-likeness (QED) is 0.625. The van der Waals surface area contributed by atoms with Crippen LogP contribution in [0.1, 0.15) is 23.6 Å². The summed E-state index contributed by atoms with van der Waals surface area (Å²) in [5, 5.41) is 12.0. The smallest absolute Gasteiger partial charge is 0.224 e. The maximum atomic E-state index is 13.2. The molecule has 2 aliphatic heterocycles. The van der Waals surface area contributed by atoms with Gasteiger partial charge >= 0.3 is 0 Å². The van der Waals surface area contributed by atoms with Crippen molar-refractivity contribution in [2.45, 2.75) is 25.6 Å². The van der Waals surface area contributed by atoms with Crippen LogP contribution in [0.2, 0.25) is 0 Å². The number of likely N-dealkylation sites (tertiary alicyclic amines) is 2. The van der Waals surface area contributed by atoms with Gasteiger partial charge in [0.25, 0.3) is 0 Å². The zero-order valence-electron chi connectivity index (χ0n) is 17.2. The number of carbonyl (C=O) groups is 1. The van der Waals surface area contributed by atoms with E-state index in [1.807, 2.05) is 28.6 Å². The van der Waals surface area contributed by atoms with Crippen molar-refractivity contribution in [2.24, 2.45) is 18.9 Å². The Morgan fingerprint density at radius 2 is 1.90 bits per heavy atom. The summed E-state index contributed by atoms with van der Waals surface area (Å²) in [6.07, 6.45) is 7.83. The van der Waals surface area contributed by atoms with Crippen molar-refractivity contribution in [3.05, 3.63) is 66.5 Å². The molecule has 8 nitrogen and oxygen atoms in total. The highest BCUT2D eigenvalue weighted by Gasteiger charge is 2.48. The second-order valence-corrected chi connectivity index (χ2v) is 8.49. The van der Waals surface area contributed by atoms with E-state index in [0.717, 1.165) is 26.2 Å². The first-order valence-corrected chi connectivity index (χ1v) is 10.5. The maximum absolute atomic E-state index is 13.2. The molecule has 0 aliphatic carbocycles. The maximum Gasteiger partial charge on any atom is 0.224 e. The van der Waals surface area contributed by atoms with Crippen LogP contribution in [0.3, 0.4) is 0 Å². The summed E-state index contributed by atoms with van der Waals surface area (Å²) in [7, 11) is 1.96. The van der Waals surface area contributed by atoms with Crippen molar-refractivity contribution >= 4 is 5.91 Å². The number of nitrogens with zero attached hydrogens (tertiary/aromatic N) is 7. The second kappa shape index (κ2) is 8.02. The van der Waals surface area contributed by atoms with Gasteiger partial charge in [-0.15, -0.1) is 10.2 Å². The minimum absolute atomic E-state index is 0.142. The third kappa shape index (κ3) is 3.75.